The molecule has 0 saturated carbocycles. The van der Waals surface area contributed by atoms with Crippen LogP contribution in [0.25, 0.3) is 0 Å². The lowest BCUT2D eigenvalue weighted by Crippen LogP contribution is -2.49. The van der Waals surface area contributed by atoms with Crippen LogP contribution in [0.4, 0.5) is 8.78 Å². The SMILES string of the molecule is CC(=O)c1cnc2n1CCN(C(=O)/C=C/CN1CC(C(F)F)C1)C2.CCc1ccccc1Cl. The summed E-state index contributed by atoms with van der Waals surface area (Å²) in [4.78, 5) is 31.5. The summed E-state index contributed by atoms with van der Waals surface area (Å²) < 4.78 is 26.6. The van der Waals surface area contributed by atoms with Crippen molar-refractivity contribution in [1.29, 1.82) is 0 Å². The number of ketones is 1. The van der Waals surface area contributed by atoms with Gasteiger partial charge in [-0.1, -0.05) is 42.8 Å². The summed E-state index contributed by atoms with van der Waals surface area (Å²) in [5, 5.41) is 0.875. The smallest absolute Gasteiger partial charge is 0.246 e. The molecule has 4 rings (SSSR count). The molecule has 178 valence electrons. The second-order valence-corrected chi connectivity index (χ2v) is 8.59. The standard InChI is InChI=1S/C16H20F2N4O2.C8H9Cl/c1-11(23)13-7-19-14-10-21(5-6-22(13)14)15(24)3-2-4-20-8-12(9-20)16(17)18;1-2-7-5-3-4-6-8(7)9/h2-3,7,12,16H,4-6,8-10H2,1H3;3-6H,2H2,1H3/b3-2+;. The maximum Gasteiger partial charge on any atom is 0.246 e. The minimum atomic E-state index is -2.26. The van der Waals surface area contributed by atoms with Crippen molar-refractivity contribution in [1.82, 2.24) is 19.4 Å². The van der Waals surface area contributed by atoms with Crippen LogP contribution in [0.5, 0.6) is 0 Å². The van der Waals surface area contributed by atoms with Crippen molar-refractivity contribution in [2.75, 3.05) is 26.2 Å². The number of Topliss-reactive ketones (excluding diaryl/α,β-unsaturated/α-hetero) is 1. The first-order valence-electron chi connectivity index (χ1n) is 11.0. The van der Waals surface area contributed by atoms with Crippen LogP contribution >= 0.6 is 11.6 Å². The predicted molar refractivity (Wildman–Crippen MR) is 124 cm³/mol. The average molecular weight is 479 g/mol. The lowest BCUT2D eigenvalue weighted by molar-refractivity contribution is -0.127. The Morgan fingerprint density at radius 3 is 2.58 bits per heavy atom. The fourth-order valence-electron chi connectivity index (χ4n) is 3.84. The van der Waals surface area contributed by atoms with Gasteiger partial charge in [0.25, 0.3) is 0 Å². The van der Waals surface area contributed by atoms with Gasteiger partial charge in [-0.05, 0) is 18.1 Å². The fourth-order valence-corrected chi connectivity index (χ4v) is 4.11. The number of likely N-dealkylation sites (tertiary alicyclic amines) is 1. The Kier molecular flexibility index (Phi) is 8.74. The molecule has 1 aromatic heterocycles. The van der Waals surface area contributed by atoms with E-state index >= 15 is 0 Å². The molecule has 0 N–H and O–H groups in total. The Bertz CT molecular complexity index is 1000. The maximum atomic E-state index is 12.4. The summed E-state index contributed by atoms with van der Waals surface area (Å²) >= 11 is 5.82. The van der Waals surface area contributed by atoms with Gasteiger partial charge in [-0.2, -0.15) is 0 Å². The van der Waals surface area contributed by atoms with Gasteiger partial charge in [0.15, 0.2) is 5.78 Å². The lowest BCUT2D eigenvalue weighted by atomic mass is 10.0. The number of aryl methyl sites for hydroxylation is 1. The molecule has 2 aromatic rings. The van der Waals surface area contributed by atoms with Gasteiger partial charge in [0.2, 0.25) is 12.3 Å². The molecule has 0 bridgehead atoms. The van der Waals surface area contributed by atoms with Crippen LogP contribution < -0.4 is 0 Å². The van der Waals surface area contributed by atoms with Gasteiger partial charge in [0.05, 0.1) is 12.7 Å². The van der Waals surface area contributed by atoms with E-state index in [0.29, 0.717) is 50.8 Å². The zero-order valence-corrected chi connectivity index (χ0v) is 19.6. The number of benzene rings is 1. The van der Waals surface area contributed by atoms with E-state index in [1.54, 1.807) is 17.2 Å². The van der Waals surface area contributed by atoms with Crippen LogP contribution in [-0.4, -0.2) is 63.6 Å². The third kappa shape index (κ3) is 6.48. The minimum Gasteiger partial charge on any atom is -0.330 e. The van der Waals surface area contributed by atoms with E-state index in [4.69, 9.17) is 11.6 Å². The quantitative estimate of drug-likeness (QED) is 0.463. The van der Waals surface area contributed by atoms with Crippen molar-refractivity contribution >= 4 is 23.3 Å². The molecule has 33 heavy (non-hydrogen) atoms. The monoisotopic (exact) mass is 478 g/mol. The predicted octanol–water partition coefficient (Wildman–Crippen LogP) is 4.08. The normalized spacial score (nSPS) is 16.4. The molecular weight excluding hydrogens is 450 g/mol. The number of hydrogen-bond acceptors (Lipinski definition) is 4. The number of carbonyl (C=O) groups is 2. The number of hydrogen-bond donors (Lipinski definition) is 0. The fraction of sp³-hybridized carbons (Fsp3) is 0.458. The Labute approximate surface area is 197 Å². The molecule has 2 aliphatic heterocycles. The van der Waals surface area contributed by atoms with E-state index in [0.717, 1.165) is 11.4 Å². The molecule has 0 spiro atoms. The van der Waals surface area contributed by atoms with Crippen molar-refractivity contribution in [3.05, 3.63) is 64.7 Å². The second-order valence-electron chi connectivity index (χ2n) is 8.19. The highest BCUT2D eigenvalue weighted by Gasteiger charge is 2.32. The Balaban J connectivity index is 0.000000286. The highest BCUT2D eigenvalue weighted by molar-refractivity contribution is 6.31. The number of aromatic nitrogens is 2. The number of imidazole rings is 1. The van der Waals surface area contributed by atoms with Gasteiger partial charge in [-0.15, -0.1) is 0 Å². The van der Waals surface area contributed by atoms with E-state index in [-0.39, 0.29) is 11.7 Å². The Morgan fingerprint density at radius 2 is 1.97 bits per heavy atom. The molecule has 3 heterocycles. The summed E-state index contributed by atoms with van der Waals surface area (Å²) in [6.07, 6.45) is 3.50. The van der Waals surface area contributed by atoms with Gasteiger partial charge < -0.3 is 9.47 Å². The van der Waals surface area contributed by atoms with E-state index < -0.39 is 12.3 Å². The van der Waals surface area contributed by atoms with Crippen LogP contribution in [0.2, 0.25) is 5.02 Å². The first kappa shape index (κ1) is 25.1. The summed E-state index contributed by atoms with van der Waals surface area (Å²) in [5.41, 5.74) is 1.79. The van der Waals surface area contributed by atoms with Crippen LogP contribution in [0.3, 0.4) is 0 Å². The molecule has 0 unspecified atom stereocenters. The average Bonchev–Trinajstić information content (AvgIpc) is 3.19. The highest BCUT2D eigenvalue weighted by Crippen LogP contribution is 2.22. The van der Waals surface area contributed by atoms with Crippen LogP contribution in [0, 0.1) is 5.92 Å². The largest absolute Gasteiger partial charge is 0.330 e. The molecule has 0 aliphatic carbocycles. The summed E-state index contributed by atoms with van der Waals surface area (Å²) in [6.45, 7) is 6.30. The lowest BCUT2D eigenvalue weighted by Gasteiger charge is -2.37. The number of fused-ring (bicyclic) bond motifs is 1. The molecule has 2 aliphatic rings. The molecule has 9 heteroatoms. The minimum absolute atomic E-state index is 0.0370. The van der Waals surface area contributed by atoms with Gasteiger partial charge in [-0.25, -0.2) is 13.8 Å². The van der Waals surface area contributed by atoms with E-state index in [1.807, 2.05) is 33.7 Å². The Hall–Kier alpha value is -2.58. The van der Waals surface area contributed by atoms with Gasteiger partial charge >= 0.3 is 0 Å². The molecule has 6 nitrogen and oxygen atoms in total. The third-order valence-electron chi connectivity index (χ3n) is 5.84. The first-order chi connectivity index (χ1) is 15.8. The second kappa shape index (κ2) is 11.5. The number of nitrogens with zero attached hydrogens (tertiary/aromatic N) is 4. The van der Waals surface area contributed by atoms with Gasteiger partial charge in [0.1, 0.15) is 11.5 Å². The molecule has 1 saturated heterocycles. The number of carbonyl (C=O) groups excluding carboxylic acids is 2. The molecule has 1 fully saturated rings. The van der Waals surface area contributed by atoms with Crippen LogP contribution in [0.15, 0.2) is 42.6 Å². The van der Waals surface area contributed by atoms with E-state index in [1.165, 1.54) is 18.6 Å². The highest BCUT2D eigenvalue weighted by atomic mass is 35.5. The molecule has 1 amide bonds. The summed E-state index contributed by atoms with van der Waals surface area (Å²) in [7, 11) is 0. The zero-order valence-electron chi connectivity index (χ0n) is 18.9. The Morgan fingerprint density at radius 1 is 1.24 bits per heavy atom. The number of alkyl halides is 2. The molecule has 0 atom stereocenters. The van der Waals surface area contributed by atoms with Crippen molar-refractivity contribution in [3.63, 3.8) is 0 Å². The third-order valence-corrected chi connectivity index (χ3v) is 6.21. The van der Waals surface area contributed by atoms with E-state index in [2.05, 4.69) is 11.9 Å². The zero-order chi connectivity index (χ0) is 24.0. The number of halogens is 3. The first-order valence-corrected chi connectivity index (χ1v) is 11.4. The van der Waals surface area contributed by atoms with Crippen molar-refractivity contribution in [2.45, 2.75) is 39.8 Å². The van der Waals surface area contributed by atoms with Crippen molar-refractivity contribution in [2.24, 2.45) is 5.92 Å². The van der Waals surface area contributed by atoms with Crippen molar-refractivity contribution < 1.29 is 18.4 Å². The summed E-state index contributed by atoms with van der Waals surface area (Å²) in [5.74, 6) is 0.00544. The van der Waals surface area contributed by atoms with Crippen molar-refractivity contribution in [3.8, 4) is 0 Å². The molecule has 0 radical (unpaired) electrons. The van der Waals surface area contributed by atoms with Gasteiger partial charge in [-0.3, -0.25) is 14.5 Å². The molecule has 1 aromatic carbocycles. The molecular formula is C24H29ClF2N4O2. The summed E-state index contributed by atoms with van der Waals surface area (Å²) in [6, 6.07) is 7.91. The van der Waals surface area contributed by atoms with Crippen LogP contribution in [0.1, 0.15) is 35.7 Å². The number of rotatable bonds is 6. The number of amides is 1. The topological polar surface area (TPSA) is 58.4 Å². The van der Waals surface area contributed by atoms with Crippen LogP contribution in [-0.2, 0) is 24.3 Å². The van der Waals surface area contributed by atoms with E-state index in [9.17, 15) is 18.4 Å². The van der Waals surface area contributed by atoms with Gasteiger partial charge in [0, 0.05) is 56.7 Å². The maximum absolute atomic E-state index is 12.4.